The summed E-state index contributed by atoms with van der Waals surface area (Å²) in [6.07, 6.45) is 4.11. The van der Waals surface area contributed by atoms with E-state index in [0.717, 1.165) is 38.9 Å². The zero-order valence-electron chi connectivity index (χ0n) is 12.4. The molecular weight excluding hydrogens is 256 g/mol. The molecule has 5 heteroatoms. The molecule has 0 radical (unpaired) electrons. The van der Waals surface area contributed by atoms with Gasteiger partial charge in [-0.25, -0.2) is 0 Å². The van der Waals surface area contributed by atoms with Gasteiger partial charge in [0.1, 0.15) is 11.6 Å². The fourth-order valence-corrected chi connectivity index (χ4v) is 3.35. The van der Waals surface area contributed by atoms with Gasteiger partial charge in [-0.1, -0.05) is 0 Å². The second-order valence-electron chi connectivity index (χ2n) is 6.91. The summed E-state index contributed by atoms with van der Waals surface area (Å²) in [6.45, 7) is 5.85. The van der Waals surface area contributed by atoms with Gasteiger partial charge in [0, 0.05) is 19.8 Å². The predicted octanol–water partition coefficient (Wildman–Crippen LogP) is 0.929. The Morgan fingerprint density at radius 1 is 1.20 bits per heavy atom. The molecule has 1 saturated carbocycles. The lowest BCUT2D eigenvalue weighted by atomic mass is 9.91. The van der Waals surface area contributed by atoms with Gasteiger partial charge in [-0.15, -0.1) is 0 Å². The number of hydrogen-bond acceptors (Lipinski definition) is 3. The number of nitrogens with one attached hydrogen (secondary N) is 1. The topological polar surface area (TPSA) is 58.6 Å². The lowest BCUT2D eigenvalue weighted by Crippen LogP contribution is -2.69. The van der Waals surface area contributed by atoms with Gasteiger partial charge in [0.25, 0.3) is 0 Å². The smallest absolute Gasteiger partial charge is 0.248 e. The standard InChI is InChI=1S/C15H24N2O3/c1-15(2)14(19)17(9-10-5-7-20-8-6-10)12(11-3-4-11)13(18)16-15/h10-12H,3-9H2,1-2H3,(H,16,18). The molecule has 3 rings (SSSR count). The first-order chi connectivity index (χ1) is 9.49. The Bertz CT molecular complexity index is 411. The van der Waals surface area contributed by atoms with E-state index in [1.807, 2.05) is 4.90 Å². The molecule has 0 aromatic heterocycles. The van der Waals surface area contributed by atoms with Crippen molar-refractivity contribution in [2.75, 3.05) is 19.8 Å². The first-order valence-electron chi connectivity index (χ1n) is 7.70. The summed E-state index contributed by atoms with van der Waals surface area (Å²) < 4.78 is 5.38. The number of piperazine rings is 1. The van der Waals surface area contributed by atoms with Crippen molar-refractivity contribution in [3.63, 3.8) is 0 Å². The first-order valence-corrected chi connectivity index (χ1v) is 7.70. The van der Waals surface area contributed by atoms with Crippen LogP contribution in [0.3, 0.4) is 0 Å². The lowest BCUT2D eigenvalue weighted by molar-refractivity contribution is -0.155. The number of ether oxygens (including phenoxy) is 1. The summed E-state index contributed by atoms with van der Waals surface area (Å²) >= 11 is 0. The van der Waals surface area contributed by atoms with E-state index in [0.29, 0.717) is 18.4 Å². The van der Waals surface area contributed by atoms with Crippen molar-refractivity contribution in [1.82, 2.24) is 10.2 Å². The summed E-state index contributed by atoms with van der Waals surface area (Å²) in [4.78, 5) is 26.9. The zero-order valence-corrected chi connectivity index (χ0v) is 12.4. The number of nitrogens with zero attached hydrogens (tertiary/aromatic N) is 1. The molecule has 20 heavy (non-hydrogen) atoms. The van der Waals surface area contributed by atoms with Crippen molar-refractivity contribution in [2.24, 2.45) is 11.8 Å². The molecule has 1 unspecified atom stereocenters. The predicted molar refractivity (Wildman–Crippen MR) is 74.0 cm³/mol. The van der Waals surface area contributed by atoms with E-state index in [4.69, 9.17) is 4.74 Å². The third-order valence-electron chi connectivity index (χ3n) is 4.70. The SMILES string of the molecule is CC1(C)NC(=O)C(C2CC2)N(CC2CCOCC2)C1=O. The number of carbonyl (C=O) groups is 2. The third-order valence-corrected chi connectivity index (χ3v) is 4.70. The Balaban J connectivity index is 1.78. The van der Waals surface area contributed by atoms with Crippen LogP contribution in [0.4, 0.5) is 0 Å². The molecule has 2 saturated heterocycles. The fraction of sp³-hybridized carbons (Fsp3) is 0.867. The highest BCUT2D eigenvalue weighted by atomic mass is 16.5. The Morgan fingerprint density at radius 3 is 2.45 bits per heavy atom. The van der Waals surface area contributed by atoms with Crippen LogP contribution in [0, 0.1) is 11.8 Å². The number of rotatable bonds is 3. The molecule has 2 heterocycles. The molecule has 1 atom stereocenters. The van der Waals surface area contributed by atoms with Crippen LogP contribution in [0.5, 0.6) is 0 Å². The van der Waals surface area contributed by atoms with E-state index >= 15 is 0 Å². The quantitative estimate of drug-likeness (QED) is 0.836. The largest absolute Gasteiger partial charge is 0.381 e. The van der Waals surface area contributed by atoms with E-state index in [9.17, 15) is 9.59 Å². The Labute approximate surface area is 120 Å². The Hall–Kier alpha value is -1.10. The summed E-state index contributed by atoms with van der Waals surface area (Å²) in [6, 6.07) is -0.238. The molecule has 0 aromatic rings. The molecule has 0 aromatic carbocycles. The minimum absolute atomic E-state index is 0.0316. The minimum atomic E-state index is -0.770. The molecule has 2 aliphatic heterocycles. The van der Waals surface area contributed by atoms with Gasteiger partial charge in [0.05, 0.1) is 0 Å². The third kappa shape index (κ3) is 2.55. The highest BCUT2D eigenvalue weighted by Crippen LogP contribution is 2.38. The second-order valence-corrected chi connectivity index (χ2v) is 6.91. The highest BCUT2D eigenvalue weighted by Gasteiger charge is 2.51. The van der Waals surface area contributed by atoms with Crippen LogP contribution in [0.2, 0.25) is 0 Å². The van der Waals surface area contributed by atoms with Gasteiger partial charge < -0.3 is 15.0 Å². The van der Waals surface area contributed by atoms with Gasteiger partial charge in [-0.2, -0.15) is 0 Å². The van der Waals surface area contributed by atoms with Crippen molar-refractivity contribution in [3.05, 3.63) is 0 Å². The van der Waals surface area contributed by atoms with Crippen molar-refractivity contribution < 1.29 is 14.3 Å². The maximum atomic E-state index is 12.7. The molecule has 3 fully saturated rings. The molecule has 1 N–H and O–H groups in total. The van der Waals surface area contributed by atoms with E-state index in [2.05, 4.69) is 5.32 Å². The van der Waals surface area contributed by atoms with Crippen LogP contribution in [0.15, 0.2) is 0 Å². The monoisotopic (exact) mass is 280 g/mol. The first kappa shape index (κ1) is 13.9. The van der Waals surface area contributed by atoms with Crippen molar-refractivity contribution in [3.8, 4) is 0 Å². The maximum absolute atomic E-state index is 12.7. The molecule has 3 aliphatic rings. The van der Waals surface area contributed by atoms with E-state index in [-0.39, 0.29) is 17.9 Å². The number of carbonyl (C=O) groups excluding carboxylic acids is 2. The summed E-state index contributed by atoms with van der Waals surface area (Å²) in [5, 5.41) is 2.89. The van der Waals surface area contributed by atoms with Crippen LogP contribution in [-0.4, -0.2) is 48.1 Å². The van der Waals surface area contributed by atoms with E-state index < -0.39 is 5.54 Å². The highest BCUT2D eigenvalue weighted by molar-refractivity contribution is 5.99. The minimum Gasteiger partial charge on any atom is -0.381 e. The van der Waals surface area contributed by atoms with Crippen LogP contribution in [0.1, 0.15) is 39.5 Å². The molecule has 5 nitrogen and oxygen atoms in total. The van der Waals surface area contributed by atoms with Gasteiger partial charge in [0.15, 0.2) is 0 Å². The number of hydrogen-bond donors (Lipinski definition) is 1. The average molecular weight is 280 g/mol. The lowest BCUT2D eigenvalue weighted by Gasteiger charge is -2.44. The van der Waals surface area contributed by atoms with Gasteiger partial charge in [0.2, 0.25) is 11.8 Å². The van der Waals surface area contributed by atoms with Gasteiger partial charge >= 0.3 is 0 Å². The van der Waals surface area contributed by atoms with Crippen molar-refractivity contribution >= 4 is 11.8 Å². The van der Waals surface area contributed by atoms with Crippen LogP contribution >= 0.6 is 0 Å². The van der Waals surface area contributed by atoms with Gasteiger partial charge in [-0.05, 0) is 51.4 Å². The molecule has 0 bridgehead atoms. The molecule has 2 amide bonds. The summed E-state index contributed by atoms with van der Waals surface area (Å²) in [7, 11) is 0. The van der Waals surface area contributed by atoms with Crippen LogP contribution in [-0.2, 0) is 14.3 Å². The normalized spacial score (nSPS) is 31.3. The fourth-order valence-electron chi connectivity index (χ4n) is 3.35. The van der Waals surface area contributed by atoms with Crippen molar-refractivity contribution in [1.29, 1.82) is 0 Å². The maximum Gasteiger partial charge on any atom is 0.248 e. The Kier molecular flexibility index (Phi) is 3.48. The number of amides is 2. The summed E-state index contributed by atoms with van der Waals surface area (Å²) in [5.74, 6) is 0.940. The van der Waals surface area contributed by atoms with E-state index in [1.165, 1.54) is 0 Å². The summed E-state index contributed by atoms with van der Waals surface area (Å²) in [5.41, 5.74) is -0.770. The zero-order chi connectivity index (χ0) is 14.3. The van der Waals surface area contributed by atoms with Crippen molar-refractivity contribution in [2.45, 2.75) is 51.1 Å². The molecule has 112 valence electrons. The molecule has 0 spiro atoms. The van der Waals surface area contributed by atoms with Crippen LogP contribution < -0.4 is 5.32 Å². The van der Waals surface area contributed by atoms with Gasteiger partial charge in [-0.3, -0.25) is 9.59 Å². The molecular formula is C15H24N2O3. The molecule has 1 aliphatic carbocycles. The second kappa shape index (κ2) is 5.02. The van der Waals surface area contributed by atoms with E-state index in [1.54, 1.807) is 13.8 Å². The Morgan fingerprint density at radius 2 is 1.85 bits per heavy atom. The average Bonchev–Trinajstić information content (AvgIpc) is 3.21. The van der Waals surface area contributed by atoms with Crippen LogP contribution in [0.25, 0.3) is 0 Å².